The first-order valence-corrected chi connectivity index (χ1v) is 6.76. The van der Waals surface area contributed by atoms with Gasteiger partial charge in [-0.2, -0.15) is 0 Å². The maximum Gasteiger partial charge on any atom is 0.234 e. The zero-order valence-corrected chi connectivity index (χ0v) is 11.1. The lowest BCUT2D eigenvalue weighted by atomic mass is 9.86. The van der Waals surface area contributed by atoms with E-state index in [-0.39, 0.29) is 12.0 Å². The molecular formula is C13H26N2O2. The van der Waals surface area contributed by atoms with Crippen molar-refractivity contribution >= 4 is 5.91 Å². The lowest BCUT2D eigenvalue weighted by molar-refractivity contribution is -0.122. The van der Waals surface area contributed by atoms with E-state index in [0.717, 1.165) is 38.8 Å². The molecular weight excluding hydrogens is 216 g/mol. The Morgan fingerprint density at radius 1 is 1.41 bits per heavy atom. The Labute approximate surface area is 104 Å². The van der Waals surface area contributed by atoms with Gasteiger partial charge < -0.3 is 10.4 Å². The van der Waals surface area contributed by atoms with Gasteiger partial charge in [0.25, 0.3) is 0 Å². The molecule has 0 aliphatic heterocycles. The number of hydrogen-bond donors (Lipinski definition) is 2. The first-order chi connectivity index (χ1) is 8.13. The van der Waals surface area contributed by atoms with E-state index in [9.17, 15) is 9.90 Å². The lowest BCUT2D eigenvalue weighted by Gasteiger charge is -2.30. The van der Waals surface area contributed by atoms with Crippen molar-refractivity contribution in [3.8, 4) is 0 Å². The first-order valence-electron chi connectivity index (χ1n) is 6.76. The summed E-state index contributed by atoms with van der Waals surface area (Å²) in [5.41, 5.74) is 0. The summed E-state index contributed by atoms with van der Waals surface area (Å²) in [6.45, 7) is 4.05. The van der Waals surface area contributed by atoms with Gasteiger partial charge in [0.1, 0.15) is 0 Å². The number of aliphatic hydroxyl groups excluding tert-OH is 1. The van der Waals surface area contributed by atoms with Crippen LogP contribution >= 0.6 is 0 Å². The topological polar surface area (TPSA) is 52.6 Å². The third kappa shape index (κ3) is 5.50. The van der Waals surface area contributed by atoms with Crippen LogP contribution < -0.4 is 5.32 Å². The van der Waals surface area contributed by atoms with Gasteiger partial charge in [-0.25, -0.2) is 0 Å². The third-order valence-corrected chi connectivity index (χ3v) is 3.40. The van der Waals surface area contributed by atoms with Crippen LogP contribution in [0.4, 0.5) is 0 Å². The van der Waals surface area contributed by atoms with Gasteiger partial charge in [-0.05, 0) is 32.2 Å². The molecule has 1 fully saturated rings. The SMILES string of the molecule is CCCNC(=O)CN(C)CC1CCCCC1O. The molecule has 0 aromatic carbocycles. The summed E-state index contributed by atoms with van der Waals surface area (Å²) in [4.78, 5) is 13.5. The smallest absolute Gasteiger partial charge is 0.234 e. The monoisotopic (exact) mass is 242 g/mol. The molecule has 1 aliphatic carbocycles. The van der Waals surface area contributed by atoms with Crippen molar-refractivity contribution in [3.05, 3.63) is 0 Å². The van der Waals surface area contributed by atoms with Gasteiger partial charge in [-0.1, -0.05) is 19.8 Å². The minimum absolute atomic E-state index is 0.0830. The van der Waals surface area contributed by atoms with Crippen molar-refractivity contribution in [2.75, 3.05) is 26.7 Å². The maximum absolute atomic E-state index is 11.5. The number of amides is 1. The van der Waals surface area contributed by atoms with Crippen molar-refractivity contribution in [1.82, 2.24) is 10.2 Å². The van der Waals surface area contributed by atoms with Crippen LogP contribution in [0.3, 0.4) is 0 Å². The Morgan fingerprint density at radius 3 is 2.76 bits per heavy atom. The largest absolute Gasteiger partial charge is 0.393 e. The number of carbonyl (C=O) groups excluding carboxylic acids is 1. The van der Waals surface area contributed by atoms with Gasteiger partial charge in [-0.3, -0.25) is 9.69 Å². The maximum atomic E-state index is 11.5. The quantitative estimate of drug-likeness (QED) is 0.730. The van der Waals surface area contributed by atoms with Gasteiger partial charge in [0.05, 0.1) is 12.6 Å². The molecule has 4 heteroatoms. The molecule has 1 saturated carbocycles. The van der Waals surface area contributed by atoms with Crippen LogP contribution in [0.1, 0.15) is 39.0 Å². The molecule has 0 saturated heterocycles. The molecule has 0 aromatic heterocycles. The lowest BCUT2D eigenvalue weighted by Crippen LogP contribution is -2.40. The van der Waals surface area contributed by atoms with E-state index in [1.165, 1.54) is 6.42 Å². The van der Waals surface area contributed by atoms with Gasteiger partial charge in [-0.15, -0.1) is 0 Å². The van der Waals surface area contributed by atoms with Crippen LogP contribution in [-0.4, -0.2) is 48.7 Å². The van der Waals surface area contributed by atoms with Gasteiger partial charge in [0.2, 0.25) is 5.91 Å². The number of aliphatic hydroxyl groups is 1. The van der Waals surface area contributed by atoms with Crippen LogP contribution in [0.15, 0.2) is 0 Å². The molecule has 0 heterocycles. The molecule has 0 spiro atoms. The van der Waals surface area contributed by atoms with Crippen LogP contribution in [-0.2, 0) is 4.79 Å². The fourth-order valence-corrected chi connectivity index (χ4v) is 2.43. The second-order valence-corrected chi connectivity index (χ2v) is 5.16. The first kappa shape index (κ1) is 14.5. The fraction of sp³-hybridized carbons (Fsp3) is 0.923. The molecule has 100 valence electrons. The van der Waals surface area contributed by atoms with Crippen molar-refractivity contribution in [3.63, 3.8) is 0 Å². The molecule has 1 amide bonds. The summed E-state index contributed by atoms with van der Waals surface area (Å²) in [6, 6.07) is 0. The minimum Gasteiger partial charge on any atom is -0.393 e. The summed E-state index contributed by atoms with van der Waals surface area (Å²) in [7, 11) is 1.95. The minimum atomic E-state index is -0.176. The molecule has 0 aromatic rings. The number of rotatable bonds is 6. The second kappa shape index (κ2) is 7.67. The van der Waals surface area contributed by atoms with Gasteiger partial charge in [0, 0.05) is 13.1 Å². The van der Waals surface area contributed by atoms with Crippen LogP contribution in [0.2, 0.25) is 0 Å². The van der Waals surface area contributed by atoms with Crippen LogP contribution in [0, 0.1) is 5.92 Å². The van der Waals surface area contributed by atoms with E-state index in [0.29, 0.717) is 12.5 Å². The number of carbonyl (C=O) groups is 1. The number of nitrogens with zero attached hydrogens (tertiary/aromatic N) is 1. The highest BCUT2D eigenvalue weighted by atomic mass is 16.3. The zero-order chi connectivity index (χ0) is 12.7. The summed E-state index contributed by atoms with van der Waals surface area (Å²) >= 11 is 0. The van der Waals surface area contributed by atoms with Gasteiger partial charge in [0.15, 0.2) is 0 Å². The van der Waals surface area contributed by atoms with E-state index < -0.39 is 0 Å². The average molecular weight is 242 g/mol. The van der Waals surface area contributed by atoms with Crippen molar-refractivity contribution in [2.45, 2.75) is 45.1 Å². The highest BCUT2D eigenvalue weighted by molar-refractivity contribution is 5.77. The molecule has 1 rings (SSSR count). The predicted molar refractivity (Wildman–Crippen MR) is 68.8 cm³/mol. The van der Waals surface area contributed by atoms with Gasteiger partial charge >= 0.3 is 0 Å². The Balaban J connectivity index is 2.23. The highest BCUT2D eigenvalue weighted by Gasteiger charge is 2.24. The van der Waals surface area contributed by atoms with E-state index in [2.05, 4.69) is 5.32 Å². The van der Waals surface area contributed by atoms with E-state index in [1.807, 2.05) is 18.9 Å². The molecule has 2 N–H and O–H groups in total. The standard InChI is InChI=1S/C13H26N2O2/c1-3-8-14-13(17)10-15(2)9-11-6-4-5-7-12(11)16/h11-12,16H,3-10H2,1-2H3,(H,14,17). The molecule has 17 heavy (non-hydrogen) atoms. The zero-order valence-electron chi connectivity index (χ0n) is 11.1. The normalized spacial score (nSPS) is 24.9. The average Bonchev–Trinajstić information content (AvgIpc) is 2.29. The van der Waals surface area contributed by atoms with Crippen LogP contribution in [0.25, 0.3) is 0 Å². The molecule has 2 atom stereocenters. The van der Waals surface area contributed by atoms with Crippen molar-refractivity contribution in [2.24, 2.45) is 5.92 Å². The van der Waals surface area contributed by atoms with Crippen molar-refractivity contribution in [1.29, 1.82) is 0 Å². The molecule has 0 bridgehead atoms. The van der Waals surface area contributed by atoms with Crippen molar-refractivity contribution < 1.29 is 9.90 Å². The Morgan fingerprint density at radius 2 is 2.12 bits per heavy atom. The Bertz CT molecular complexity index is 233. The summed E-state index contributed by atoms with van der Waals surface area (Å²) < 4.78 is 0. The number of nitrogens with one attached hydrogen (secondary N) is 1. The van der Waals surface area contributed by atoms with E-state index in [1.54, 1.807) is 0 Å². The Hall–Kier alpha value is -0.610. The third-order valence-electron chi connectivity index (χ3n) is 3.40. The predicted octanol–water partition coefficient (Wildman–Crippen LogP) is 0.995. The number of hydrogen-bond acceptors (Lipinski definition) is 3. The van der Waals surface area contributed by atoms with E-state index >= 15 is 0 Å². The van der Waals surface area contributed by atoms with Crippen LogP contribution in [0.5, 0.6) is 0 Å². The Kier molecular flexibility index (Phi) is 6.52. The summed E-state index contributed by atoms with van der Waals surface area (Å²) in [6.07, 6.45) is 5.14. The van der Waals surface area contributed by atoms with E-state index in [4.69, 9.17) is 0 Å². The molecule has 4 nitrogen and oxygen atoms in total. The highest BCUT2D eigenvalue weighted by Crippen LogP contribution is 2.24. The second-order valence-electron chi connectivity index (χ2n) is 5.16. The summed E-state index contributed by atoms with van der Waals surface area (Å²) in [5, 5.41) is 12.7. The number of likely N-dealkylation sites (N-methyl/N-ethyl adjacent to an activating group) is 1. The molecule has 2 unspecified atom stereocenters. The fourth-order valence-electron chi connectivity index (χ4n) is 2.43. The molecule has 1 aliphatic rings. The molecule has 0 radical (unpaired) electrons. The summed E-state index contributed by atoms with van der Waals surface area (Å²) in [5.74, 6) is 0.423.